The van der Waals surface area contributed by atoms with E-state index in [0.29, 0.717) is 24.3 Å². The molecule has 1 fully saturated rings. The van der Waals surface area contributed by atoms with Gasteiger partial charge in [-0.1, -0.05) is 12.1 Å². The van der Waals surface area contributed by atoms with Crippen LogP contribution in [0.15, 0.2) is 48.8 Å². The van der Waals surface area contributed by atoms with Crippen LogP contribution in [0.25, 0.3) is 5.82 Å². The van der Waals surface area contributed by atoms with Gasteiger partial charge in [-0.25, -0.2) is 9.67 Å². The standard InChI is InChI=1S/C22H22F3N5O/c1-15-4-3-5-18(12-15)28-8-10-29(11-9-28)21(31)19-14-27-30(16(19)2)20-7-6-17(13-26-20)22(23,24)25/h3-7,12-14H,8-11H2,1-2H3. The Kier molecular flexibility index (Phi) is 5.43. The molecule has 0 unspecified atom stereocenters. The van der Waals surface area contributed by atoms with Crippen molar-refractivity contribution in [3.63, 3.8) is 0 Å². The number of aryl methyl sites for hydroxylation is 1. The number of aromatic nitrogens is 3. The Bertz CT molecular complexity index is 1080. The fourth-order valence-electron chi connectivity index (χ4n) is 3.69. The first-order valence-electron chi connectivity index (χ1n) is 9.93. The van der Waals surface area contributed by atoms with E-state index in [1.807, 2.05) is 6.07 Å². The third-order valence-electron chi connectivity index (χ3n) is 5.47. The van der Waals surface area contributed by atoms with Crippen molar-refractivity contribution in [2.24, 2.45) is 0 Å². The fourth-order valence-corrected chi connectivity index (χ4v) is 3.69. The lowest BCUT2D eigenvalue weighted by Gasteiger charge is -2.36. The predicted octanol–water partition coefficient (Wildman–Crippen LogP) is 3.87. The van der Waals surface area contributed by atoms with Crippen molar-refractivity contribution in [2.45, 2.75) is 20.0 Å². The number of rotatable bonds is 3. The molecule has 0 spiro atoms. The molecule has 1 aromatic carbocycles. The van der Waals surface area contributed by atoms with Gasteiger partial charge in [0.15, 0.2) is 5.82 Å². The largest absolute Gasteiger partial charge is 0.417 e. The molecular formula is C22H22F3N5O. The molecule has 0 saturated carbocycles. The summed E-state index contributed by atoms with van der Waals surface area (Å²) in [5, 5.41) is 4.18. The van der Waals surface area contributed by atoms with E-state index in [2.05, 4.69) is 40.1 Å². The van der Waals surface area contributed by atoms with Crippen LogP contribution in [-0.4, -0.2) is 51.8 Å². The number of alkyl halides is 3. The summed E-state index contributed by atoms with van der Waals surface area (Å²) in [4.78, 5) is 20.9. The Labute approximate surface area is 177 Å². The van der Waals surface area contributed by atoms with E-state index in [0.717, 1.165) is 31.0 Å². The van der Waals surface area contributed by atoms with E-state index in [4.69, 9.17) is 0 Å². The molecule has 0 aliphatic carbocycles. The van der Waals surface area contributed by atoms with Gasteiger partial charge in [0.1, 0.15) is 0 Å². The molecule has 6 nitrogen and oxygen atoms in total. The van der Waals surface area contributed by atoms with Gasteiger partial charge in [0.2, 0.25) is 0 Å². The maximum Gasteiger partial charge on any atom is 0.417 e. The van der Waals surface area contributed by atoms with Crippen molar-refractivity contribution in [1.82, 2.24) is 19.7 Å². The Morgan fingerprint density at radius 3 is 2.35 bits per heavy atom. The van der Waals surface area contributed by atoms with Crippen molar-refractivity contribution >= 4 is 11.6 Å². The SMILES string of the molecule is Cc1cccc(N2CCN(C(=O)c3cnn(-c4ccc(C(F)(F)F)cn4)c3C)CC2)c1. The van der Waals surface area contributed by atoms with Gasteiger partial charge >= 0.3 is 6.18 Å². The van der Waals surface area contributed by atoms with Crippen molar-refractivity contribution < 1.29 is 18.0 Å². The molecule has 0 atom stereocenters. The first-order valence-corrected chi connectivity index (χ1v) is 9.93. The topological polar surface area (TPSA) is 54.3 Å². The maximum atomic E-state index is 13.0. The highest BCUT2D eigenvalue weighted by Crippen LogP contribution is 2.29. The molecule has 1 amide bonds. The van der Waals surface area contributed by atoms with Crippen LogP contribution in [0, 0.1) is 13.8 Å². The number of benzene rings is 1. The smallest absolute Gasteiger partial charge is 0.368 e. The van der Waals surface area contributed by atoms with E-state index < -0.39 is 11.7 Å². The summed E-state index contributed by atoms with van der Waals surface area (Å²) in [7, 11) is 0. The first kappa shape index (κ1) is 20.9. The predicted molar refractivity (Wildman–Crippen MR) is 110 cm³/mol. The number of hydrogen-bond acceptors (Lipinski definition) is 4. The number of halogens is 3. The summed E-state index contributed by atoms with van der Waals surface area (Å²) >= 11 is 0. The number of piperazine rings is 1. The van der Waals surface area contributed by atoms with Gasteiger partial charge in [-0.2, -0.15) is 18.3 Å². The number of amides is 1. The van der Waals surface area contributed by atoms with Crippen LogP contribution in [0.4, 0.5) is 18.9 Å². The minimum atomic E-state index is -4.45. The molecule has 1 aliphatic rings. The lowest BCUT2D eigenvalue weighted by atomic mass is 10.1. The Morgan fingerprint density at radius 2 is 1.74 bits per heavy atom. The van der Waals surface area contributed by atoms with Gasteiger partial charge in [0.05, 0.1) is 23.0 Å². The Balaban J connectivity index is 1.46. The molecule has 9 heteroatoms. The quantitative estimate of drug-likeness (QED) is 0.635. The molecule has 0 N–H and O–H groups in total. The van der Waals surface area contributed by atoms with E-state index in [1.54, 1.807) is 11.8 Å². The molecule has 4 rings (SSSR count). The van der Waals surface area contributed by atoms with Crippen molar-refractivity contribution in [2.75, 3.05) is 31.1 Å². The molecule has 162 valence electrons. The van der Waals surface area contributed by atoms with E-state index >= 15 is 0 Å². The van der Waals surface area contributed by atoms with Crippen LogP contribution in [0.5, 0.6) is 0 Å². The summed E-state index contributed by atoms with van der Waals surface area (Å²) in [5.74, 6) is 0.0911. The highest BCUT2D eigenvalue weighted by molar-refractivity contribution is 5.95. The number of hydrogen-bond donors (Lipinski definition) is 0. The van der Waals surface area contributed by atoms with Crippen molar-refractivity contribution in [3.05, 3.63) is 71.2 Å². The average molecular weight is 429 g/mol. The van der Waals surface area contributed by atoms with Gasteiger partial charge in [-0.3, -0.25) is 4.79 Å². The minimum Gasteiger partial charge on any atom is -0.368 e. The fraction of sp³-hybridized carbons (Fsp3) is 0.318. The van der Waals surface area contributed by atoms with Gasteiger partial charge in [-0.15, -0.1) is 0 Å². The number of carbonyl (C=O) groups excluding carboxylic acids is 1. The molecule has 31 heavy (non-hydrogen) atoms. The van der Waals surface area contributed by atoms with Crippen LogP contribution >= 0.6 is 0 Å². The maximum absolute atomic E-state index is 13.0. The lowest BCUT2D eigenvalue weighted by molar-refractivity contribution is -0.137. The lowest BCUT2D eigenvalue weighted by Crippen LogP contribution is -2.48. The third kappa shape index (κ3) is 4.26. The molecule has 3 heterocycles. The summed E-state index contributed by atoms with van der Waals surface area (Å²) in [6.45, 7) is 6.37. The summed E-state index contributed by atoms with van der Waals surface area (Å²) in [6, 6.07) is 10.5. The monoisotopic (exact) mass is 429 g/mol. The average Bonchev–Trinajstić information content (AvgIpc) is 3.14. The van der Waals surface area contributed by atoms with Crippen LogP contribution in [-0.2, 0) is 6.18 Å². The molecule has 0 bridgehead atoms. The van der Waals surface area contributed by atoms with Crippen molar-refractivity contribution in [3.8, 4) is 5.82 Å². The van der Waals surface area contributed by atoms with Crippen LogP contribution in [0.3, 0.4) is 0 Å². The molecular weight excluding hydrogens is 407 g/mol. The van der Waals surface area contributed by atoms with Crippen LogP contribution in [0.2, 0.25) is 0 Å². The number of carbonyl (C=O) groups is 1. The van der Waals surface area contributed by atoms with E-state index in [-0.39, 0.29) is 11.7 Å². The Morgan fingerprint density at radius 1 is 1.00 bits per heavy atom. The van der Waals surface area contributed by atoms with E-state index in [9.17, 15) is 18.0 Å². The zero-order valence-electron chi connectivity index (χ0n) is 17.2. The minimum absolute atomic E-state index is 0.139. The molecule has 1 aliphatic heterocycles. The summed E-state index contributed by atoms with van der Waals surface area (Å²) in [5.41, 5.74) is 2.47. The second kappa shape index (κ2) is 8.05. The molecule has 2 aromatic heterocycles. The second-order valence-corrected chi connectivity index (χ2v) is 7.58. The number of nitrogens with zero attached hydrogens (tertiary/aromatic N) is 5. The molecule has 3 aromatic rings. The number of pyridine rings is 1. The van der Waals surface area contributed by atoms with Gasteiger partial charge in [0.25, 0.3) is 5.91 Å². The number of anilines is 1. The molecule has 1 saturated heterocycles. The third-order valence-corrected chi connectivity index (χ3v) is 5.47. The highest BCUT2D eigenvalue weighted by atomic mass is 19.4. The van der Waals surface area contributed by atoms with Crippen molar-refractivity contribution in [1.29, 1.82) is 0 Å². The highest BCUT2D eigenvalue weighted by Gasteiger charge is 2.31. The zero-order valence-corrected chi connectivity index (χ0v) is 17.2. The molecule has 0 radical (unpaired) electrons. The van der Waals surface area contributed by atoms with Gasteiger partial charge < -0.3 is 9.80 Å². The van der Waals surface area contributed by atoms with Crippen LogP contribution in [0.1, 0.15) is 27.2 Å². The van der Waals surface area contributed by atoms with Gasteiger partial charge in [-0.05, 0) is 43.7 Å². The zero-order chi connectivity index (χ0) is 22.2. The summed E-state index contributed by atoms with van der Waals surface area (Å²) in [6.07, 6.45) is -2.24. The first-order chi connectivity index (χ1) is 14.7. The normalized spacial score (nSPS) is 14.7. The van der Waals surface area contributed by atoms with Gasteiger partial charge in [0, 0.05) is 38.1 Å². The van der Waals surface area contributed by atoms with Crippen LogP contribution < -0.4 is 4.90 Å². The summed E-state index contributed by atoms with van der Waals surface area (Å²) < 4.78 is 39.7. The Hall–Kier alpha value is -3.36. The second-order valence-electron chi connectivity index (χ2n) is 7.58. The van der Waals surface area contributed by atoms with E-state index in [1.165, 1.54) is 22.5 Å².